The van der Waals surface area contributed by atoms with Gasteiger partial charge in [-0.1, -0.05) is 0 Å². The summed E-state index contributed by atoms with van der Waals surface area (Å²) in [4.78, 5) is 13.0. The van der Waals surface area contributed by atoms with Gasteiger partial charge in [-0.2, -0.15) is 0 Å². The number of amides is 1. The second-order valence-electron chi connectivity index (χ2n) is 2.65. The predicted octanol–water partition coefficient (Wildman–Crippen LogP) is 1.24. The monoisotopic (exact) mass is 161 g/mol. The van der Waals surface area contributed by atoms with E-state index in [1.807, 2.05) is 4.90 Å². The zero-order chi connectivity index (χ0) is 7.56. The van der Waals surface area contributed by atoms with Gasteiger partial charge in [-0.3, -0.25) is 4.79 Å². The first-order chi connectivity index (χ1) is 4.72. The molecule has 1 fully saturated rings. The molecule has 0 radical (unpaired) electrons. The van der Waals surface area contributed by atoms with E-state index in [9.17, 15) is 4.79 Å². The summed E-state index contributed by atoms with van der Waals surface area (Å²) >= 11 is 5.62. The van der Waals surface area contributed by atoms with Crippen molar-refractivity contribution < 1.29 is 4.79 Å². The van der Waals surface area contributed by atoms with E-state index < -0.39 is 0 Å². The summed E-state index contributed by atoms with van der Waals surface area (Å²) in [7, 11) is 0. The highest BCUT2D eigenvalue weighted by atomic mass is 35.5. The van der Waals surface area contributed by atoms with Gasteiger partial charge in [-0.15, -0.1) is 11.6 Å². The Bertz CT molecular complexity index is 130. The fourth-order valence-electron chi connectivity index (χ4n) is 1.19. The smallest absolute Gasteiger partial charge is 0.240 e. The van der Waals surface area contributed by atoms with Gasteiger partial charge in [0.2, 0.25) is 5.91 Å². The van der Waals surface area contributed by atoms with E-state index in [4.69, 9.17) is 11.6 Å². The molecule has 2 nitrogen and oxygen atoms in total. The van der Waals surface area contributed by atoms with Gasteiger partial charge >= 0.3 is 0 Å². The molecule has 1 amide bonds. The summed E-state index contributed by atoms with van der Waals surface area (Å²) in [5, 5.41) is -0.349. The fraction of sp³-hybridized carbons (Fsp3) is 0.857. The van der Waals surface area contributed by atoms with Gasteiger partial charge in [-0.05, 0) is 19.8 Å². The van der Waals surface area contributed by atoms with Gasteiger partial charge in [-0.25, -0.2) is 0 Å². The van der Waals surface area contributed by atoms with Crippen LogP contribution in [0.4, 0.5) is 0 Å². The number of likely N-dealkylation sites (tertiary alicyclic amines) is 1. The third-order valence-corrected chi connectivity index (χ3v) is 1.94. The van der Waals surface area contributed by atoms with Crippen LogP contribution in [-0.4, -0.2) is 29.3 Å². The van der Waals surface area contributed by atoms with Crippen molar-refractivity contribution in [3.63, 3.8) is 0 Å². The number of nitrogens with zero attached hydrogens (tertiary/aromatic N) is 1. The van der Waals surface area contributed by atoms with E-state index in [2.05, 4.69) is 0 Å². The highest BCUT2D eigenvalue weighted by molar-refractivity contribution is 6.30. The molecule has 10 heavy (non-hydrogen) atoms. The first-order valence-electron chi connectivity index (χ1n) is 3.64. The van der Waals surface area contributed by atoms with Gasteiger partial charge in [0.25, 0.3) is 0 Å². The Morgan fingerprint density at radius 2 is 2.00 bits per heavy atom. The Balaban J connectivity index is 2.40. The topological polar surface area (TPSA) is 20.3 Å². The summed E-state index contributed by atoms with van der Waals surface area (Å²) in [6.07, 6.45) is 2.27. The summed E-state index contributed by atoms with van der Waals surface area (Å²) < 4.78 is 0. The quantitative estimate of drug-likeness (QED) is 0.530. The molecule has 0 aromatic heterocycles. The van der Waals surface area contributed by atoms with Gasteiger partial charge in [0, 0.05) is 13.1 Å². The standard InChI is InChI=1S/C7H12ClNO/c1-6(8)7(10)9-4-2-3-5-9/h6H,2-5H2,1H3/t6-/m0/s1. The van der Waals surface area contributed by atoms with Crippen molar-refractivity contribution in [2.24, 2.45) is 0 Å². The van der Waals surface area contributed by atoms with Crippen LogP contribution in [0.25, 0.3) is 0 Å². The highest BCUT2D eigenvalue weighted by Gasteiger charge is 2.20. The minimum Gasteiger partial charge on any atom is -0.341 e. The van der Waals surface area contributed by atoms with Crippen LogP contribution in [0.15, 0.2) is 0 Å². The van der Waals surface area contributed by atoms with E-state index in [1.54, 1.807) is 6.92 Å². The van der Waals surface area contributed by atoms with Crippen molar-refractivity contribution in [3.05, 3.63) is 0 Å². The molecule has 1 aliphatic rings. The average Bonchev–Trinajstić information content (AvgIpc) is 2.36. The van der Waals surface area contributed by atoms with E-state index in [0.29, 0.717) is 0 Å². The maximum absolute atomic E-state index is 11.1. The van der Waals surface area contributed by atoms with Crippen LogP contribution in [0.5, 0.6) is 0 Å². The summed E-state index contributed by atoms with van der Waals surface area (Å²) in [6, 6.07) is 0. The van der Waals surface area contributed by atoms with Gasteiger partial charge in [0.05, 0.1) is 0 Å². The van der Waals surface area contributed by atoms with Crippen LogP contribution in [0, 0.1) is 0 Å². The number of carbonyl (C=O) groups is 1. The number of halogens is 1. The van der Waals surface area contributed by atoms with Crippen LogP contribution >= 0.6 is 11.6 Å². The molecule has 0 spiro atoms. The normalized spacial score (nSPS) is 21.2. The lowest BCUT2D eigenvalue weighted by molar-refractivity contribution is -0.129. The Kier molecular flexibility index (Phi) is 2.55. The average molecular weight is 162 g/mol. The molecule has 1 rings (SSSR count). The minimum absolute atomic E-state index is 0.0826. The molecule has 3 heteroatoms. The molecule has 1 saturated heterocycles. The molecule has 0 N–H and O–H groups in total. The van der Waals surface area contributed by atoms with Crippen LogP contribution in [0.2, 0.25) is 0 Å². The summed E-state index contributed by atoms with van der Waals surface area (Å²) in [6.45, 7) is 3.52. The maximum Gasteiger partial charge on any atom is 0.240 e. The minimum atomic E-state index is -0.349. The van der Waals surface area contributed by atoms with Crippen molar-refractivity contribution >= 4 is 17.5 Å². The largest absolute Gasteiger partial charge is 0.341 e. The lowest BCUT2D eigenvalue weighted by atomic mass is 10.4. The Labute approximate surface area is 66.1 Å². The molecule has 0 aromatic rings. The molecule has 0 aromatic carbocycles. The highest BCUT2D eigenvalue weighted by Crippen LogP contribution is 2.10. The second kappa shape index (κ2) is 3.24. The molecular formula is C7H12ClNO. The maximum atomic E-state index is 11.1. The molecule has 1 heterocycles. The van der Waals surface area contributed by atoms with E-state index in [-0.39, 0.29) is 11.3 Å². The Morgan fingerprint density at radius 3 is 2.40 bits per heavy atom. The Hall–Kier alpha value is -0.240. The number of alkyl halides is 1. The number of hydrogen-bond donors (Lipinski definition) is 0. The van der Waals surface area contributed by atoms with Crippen molar-refractivity contribution in [3.8, 4) is 0 Å². The van der Waals surface area contributed by atoms with Crippen molar-refractivity contribution in [1.29, 1.82) is 0 Å². The lowest BCUT2D eigenvalue weighted by Crippen LogP contribution is -2.32. The van der Waals surface area contributed by atoms with Crippen LogP contribution < -0.4 is 0 Å². The van der Waals surface area contributed by atoms with Gasteiger partial charge < -0.3 is 4.90 Å². The van der Waals surface area contributed by atoms with Gasteiger partial charge in [0.15, 0.2) is 0 Å². The molecule has 58 valence electrons. The molecule has 1 aliphatic heterocycles. The number of hydrogen-bond acceptors (Lipinski definition) is 1. The van der Waals surface area contributed by atoms with Crippen molar-refractivity contribution in [1.82, 2.24) is 4.90 Å². The second-order valence-corrected chi connectivity index (χ2v) is 3.30. The summed E-state index contributed by atoms with van der Waals surface area (Å²) in [5.41, 5.74) is 0. The predicted molar refractivity (Wildman–Crippen MR) is 41.1 cm³/mol. The molecule has 1 atom stereocenters. The number of rotatable bonds is 1. The van der Waals surface area contributed by atoms with Crippen LogP contribution in [-0.2, 0) is 4.79 Å². The third-order valence-electron chi connectivity index (χ3n) is 1.76. The molecular weight excluding hydrogens is 150 g/mol. The third kappa shape index (κ3) is 1.63. The number of carbonyl (C=O) groups excluding carboxylic acids is 1. The lowest BCUT2D eigenvalue weighted by Gasteiger charge is -2.15. The first kappa shape index (κ1) is 7.86. The van der Waals surface area contributed by atoms with Crippen molar-refractivity contribution in [2.45, 2.75) is 25.1 Å². The fourth-order valence-corrected chi connectivity index (χ4v) is 1.33. The molecule has 0 bridgehead atoms. The molecule has 0 unspecified atom stereocenters. The zero-order valence-electron chi connectivity index (χ0n) is 6.14. The van der Waals surface area contributed by atoms with E-state index in [0.717, 1.165) is 25.9 Å². The SMILES string of the molecule is C[C@H](Cl)C(=O)N1CCCC1. The van der Waals surface area contributed by atoms with E-state index in [1.165, 1.54) is 0 Å². The zero-order valence-corrected chi connectivity index (χ0v) is 6.90. The Morgan fingerprint density at radius 1 is 1.50 bits per heavy atom. The van der Waals surface area contributed by atoms with Gasteiger partial charge in [0.1, 0.15) is 5.38 Å². The van der Waals surface area contributed by atoms with Crippen LogP contribution in [0.1, 0.15) is 19.8 Å². The first-order valence-corrected chi connectivity index (χ1v) is 4.08. The summed E-state index contributed by atoms with van der Waals surface area (Å²) in [5.74, 6) is 0.0826. The molecule has 0 aliphatic carbocycles. The van der Waals surface area contributed by atoms with Crippen molar-refractivity contribution in [2.75, 3.05) is 13.1 Å². The van der Waals surface area contributed by atoms with E-state index >= 15 is 0 Å². The molecule has 0 saturated carbocycles. The van der Waals surface area contributed by atoms with Crippen LogP contribution in [0.3, 0.4) is 0 Å².